The Hall–Kier alpha value is -1.86. The van der Waals surface area contributed by atoms with E-state index in [1.54, 1.807) is 0 Å². The summed E-state index contributed by atoms with van der Waals surface area (Å²) in [6.45, 7) is 5.14. The van der Waals surface area contributed by atoms with Crippen molar-refractivity contribution in [3.8, 4) is 5.75 Å². The third-order valence-corrected chi connectivity index (χ3v) is 5.58. The van der Waals surface area contributed by atoms with Gasteiger partial charge in [-0.2, -0.15) is 0 Å². The molecule has 1 saturated carbocycles. The zero-order valence-corrected chi connectivity index (χ0v) is 15.2. The summed E-state index contributed by atoms with van der Waals surface area (Å²) in [5, 5.41) is 1.91. The van der Waals surface area contributed by atoms with Crippen LogP contribution in [-0.4, -0.2) is 46.7 Å². The maximum absolute atomic E-state index is 13.0. The smallest absolute Gasteiger partial charge is 0.268 e. The Labute approximate surface area is 151 Å². The van der Waals surface area contributed by atoms with Gasteiger partial charge >= 0.3 is 0 Å². The molecule has 0 spiro atoms. The van der Waals surface area contributed by atoms with Crippen molar-refractivity contribution in [1.82, 2.24) is 14.5 Å². The minimum Gasteiger partial charge on any atom is -0.492 e. The van der Waals surface area contributed by atoms with Crippen molar-refractivity contribution in [3.63, 3.8) is 0 Å². The SMILES string of the molecule is CCOc1ccsc1C(=O)N1Cc2cncn2C(COCC2CC2)C1. The van der Waals surface area contributed by atoms with Crippen LogP contribution in [0.2, 0.25) is 0 Å². The summed E-state index contributed by atoms with van der Waals surface area (Å²) in [5.41, 5.74) is 1.05. The quantitative estimate of drug-likeness (QED) is 0.761. The molecule has 0 N–H and O–H groups in total. The van der Waals surface area contributed by atoms with Crippen molar-refractivity contribution in [2.45, 2.75) is 32.4 Å². The van der Waals surface area contributed by atoms with Crippen LogP contribution in [0.3, 0.4) is 0 Å². The number of thiophene rings is 1. The van der Waals surface area contributed by atoms with E-state index in [9.17, 15) is 4.79 Å². The summed E-state index contributed by atoms with van der Waals surface area (Å²) in [7, 11) is 0. The number of ether oxygens (including phenoxy) is 2. The highest BCUT2D eigenvalue weighted by Gasteiger charge is 2.31. The average molecular weight is 361 g/mol. The molecule has 7 heteroatoms. The summed E-state index contributed by atoms with van der Waals surface area (Å²) in [4.78, 5) is 19.8. The summed E-state index contributed by atoms with van der Waals surface area (Å²) >= 11 is 1.44. The van der Waals surface area contributed by atoms with E-state index >= 15 is 0 Å². The monoisotopic (exact) mass is 361 g/mol. The molecule has 1 amide bonds. The lowest BCUT2D eigenvalue weighted by molar-refractivity contribution is 0.0500. The Morgan fingerprint density at radius 1 is 1.40 bits per heavy atom. The van der Waals surface area contributed by atoms with Crippen molar-refractivity contribution < 1.29 is 14.3 Å². The van der Waals surface area contributed by atoms with Crippen LogP contribution in [0.4, 0.5) is 0 Å². The Bertz CT molecular complexity index is 738. The number of rotatable bonds is 7. The molecule has 1 unspecified atom stereocenters. The zero-order chi connectivity index (χ0) is 17.2. The third-order valence-electron chi connectivity index (χ3n) is 4.69. The van der Waals surface area contributed by atoms with Crippen LogP contribution in [0.15, 0.2) is 24.0 Å². The van der Waals surface area contributed by atoms with Gasteiger partial charge in [0, 0.05) is 19.3 Å². The number of amides is 1. The van der Waals surface area contributed by atoms with Crippen molar-refractivity contribution in [2.24, 2.45) is 5.92 Å². The Morgan fingerprint density at radius 2 is 2.28 bits per heavy atom. The molecule has 4 rings (SSSR count). The predicted molar refractivity (Wildman–Crippen MR) is 95.0 cm³/mol. The average Bonchev–Trinajstić information content (AvgIpc) is 3.12. The summed E-state index contributed by atoms with van der Waals surface area (Å²) in [5.74, 6) is 1.44. The van der Waals surface area contributed by atoms with Gasteiger partial charge in [-0.05, 0) is 37.1 Å². The molecule has 134 valence electrons. The first-order valence-electron chi connectivity index (χ1n) is 8.84. The minimum absolute atomic E-state index is 0.0260. The molecule has 0 radical (unpaired) electrons. The normalized spacial score (nSPS) is 19.7. The number of hydrogen-bond donors (Lipinski definition) is 0. The maximum Gasteiger partial charge on any atom is 0.268 e. The number of aromatic nitrogens is 2. The molecule has 6 nitrogen and oxygen atoms in total. The van der Waals surface area contributed by atoms with E-state index in [1.165, 1.54) is 24.2 Å². The highest BCUT2D eigenvalue weighted by atomic mass is 32.1. The number of carbonyl (C=O) groups is 1. The van der Waals surface area contributed by atoms with E-state index in [-0.39, 0.29) is 11.9 Å². The predicted octanol–water partition coefficient (Wildman–Crippen LogP) is 2.97. The molecule has 1 fully saturated rings. The summed E-state index contributed by atoms with van der Waals surface area (Å²) < 4.78 is 13.6. The fourth-order valence-corrected chi connectivity index (χ4v) is 4.00. The van der Waals surface area contributed by atoms with Crippen molar-refractivity contribution in [1.29, 1.82) is 0 Å². The molecule has 25 heavy (non-hydrogen) atoms. The number of carbonyl (C=O) groups excluding carboxylic acids is 1. The lowest BCUT2D eigenvalue weighted by atomic mass is 10.2. The highest BCUT2D eigenvalue weighted by Crippen LogP contribution is 2.31. The van der Waals surface area contributed by atoms with Crippen LogP contribution in [0.1, 0.15) is 41.2 Å². The Kier molecular flexibility index (Phi) is 4.76. The van der Waals surface area contributed by atoms with Crippen LogP contribution >= 0.6 is 11.3 Å². The molecule has 0 bridgehead atoms. The molecule has 1 aliphatic heterocycles. The summed E-state index contributed by atoms with van der Waals surface area (Å²) in [6.07, 6.45) is 6.25. The zero-order valence-electron chi connectivity index (χ0n) is 14.4. The minimum atomic E-state index is 0.0260. The molecule has 2 aliphatic rings. The second-order valence-corrected chi connectivity index (χ2v) is 7.58. The van der Waals surface area contributed by atoms with E-state index in [1.807, 2.05) is 35.8 Å². The van der Waals surface area contributed by atoms with Gasteiger partial charge in [0.25, 0.3) is 5.91 Å². The molecule has 1 aliphatic carbocycles. The first kappa shape index (κ1) is 16.6. The standard InChI is InChI=1S/C18H23N3O3S/c1-2-24-16-5-6-25-17(16)18(22)20-8-14-7-19-12-21(14)15(9-20)11-23-10-13-3-4-13/h5-7,12-13,15H,2-4,8-11H2,1H3. The number of imidazole rings is 1. The topological polar surface area (TPSA) is 56.6 Å². The third kappa shape index (κ3) is 3.57. The maximum atomic E-state index is 13.0. The fraction of sp³-hybridized carbons (Fsp3) is 0.556. The molecular formula is C18H23N3O3S. The van der Waals surface area contributed by atoms with Gasteiger partial charge in [0.15, 0.2) is 0 Å². The molecule has 1 atom stereocenters. The first-order chi connectivity index (χ1) is 12.3. The van der Waals surface area contributed by atoms with E-state index in [0.717, 1.165) is 18.2 Å². The van der Waals surface area contributed by atoms with Crippen LogP contribution in [0.5, 0.6) is 5.75 Å². The van der Waals surface area contributed by atoms with Crippen LogP contribution in [0.25, 0.3) is 0 Å². The van der Waals surface area contributed by atoms with Crippen molar-refractivity contribution in [2.75, 3.05) is 26.4 Å². The van der Waals surface area contributed by atoms with Gasteiger partial charge in [-0.15, -0.1) is 11.3 Å². The van der Waals surface area contributed by atoms with Crippen molar-refractivity contribution in [3.05, 3.63) is 34.5 Å². The number of fused-ring (bicyclic) bond motifs is 1. The van der Waals surface area contributed by atoms with E-state index < -0.39 is 0 Å². The van der Waals surface area contributed by atoms with E-state index in [4.69, 9.17) is 9.47 Å². The lowest BCUT2D eigenvalue weighted by Gasteiger charge is -2.34. The molecule has 2 aromatic heterocycles. The molecule has 3 heterocycles. The Balaban J connectivity index is 1.48. The van der Waals surface area contributed by atoms with E-state index in [0.29, 0.717) is 36.9 Å². The summed E-state index contributed by atoms with van der Waals surface area (Å²) in [6, 6.07) is 1.98. The number of nitrogens with zero attached hydrogens (tertiary/aromatic N) is 3. The molecular weight excluding hydrogens is 338 g/mol. The largest absolute Gasteiger partial charge is 0.492 e. The van der Waals surface area contributed by atoms with Gasteiger partial charge < -0.3 is 18.9 Å². The molecule has 0 saturated heterocycles. The Morgan fingerprint density at radius 3 is 3.08 bits per heavy atom. The molecule has 0 aromatic carbocycles. The van der Waals surface area contributed by atoms with E-state index in [2.05, 4.69) is 9.55 Å². The number of hydrogen-bond acceptors (Lipinski definition) is 5. The lowest BCUT2D eigenvalue weighted by Crippen LogP contribution is -2.42. The van der Waals surface area contributed by atoms with Gasteiger partial charge in [0.05, 0.1) is 37.8 Å². The molecule has 2 aromatic rings. The van der Waals surface area contributed by atoms with Gasteiger partial charge in [-0.1, -0.05) is 0 Å². The van der Waals surface area contributed by atoms with Crippen molar-refractivity contribution >= 4 is 17.2 Å². The first-order valence-corrected chi connectivity index (χ1v) is 9.72. The van der Waals surface area contributed by atoms with Crippen LogP contribution < -0.4 is 4.74 Å². The van der Waals surface area contributed by atoms with Gasteiger partial charge in [-0.25, -0.2) is 4.98 Å². The van der Waals surface area contributed by atoms with Gasteiger partial charge in [0.2, 0.25) is 0 Å². The van der Waals surface area contributed by atoms with Gasteiger partial charge in [0.1, 0.15) is 10.6 Å². The van der Waals surface area contributed by atoms with Crippen LogP contribution in [0, 0.1) is 5.92 Å². The second kappa shape index (κ2) is 7.17. The second-order valence-electron chi connectivity index (χ2n) is 6.66. The fourth-order valence-electron chi connectivity index (χ4n) is 3.19. The van der Waals surface area contributed by atoms with Crippen LogP contribution in [-0.2, 0) is 11.3 Å². The highest BCUT2D eigenvalue weighted by molar-refractivity contribution is 7.12. The van der Waals surface area contributed by atoms with Gasteiger partial charge in [-0.3, -0.25) is 4.79 Å².